The van der Waals surface area contributed by atoms with Gasteiger partial charge in [0, 0.05) is 50.2 Å². The van der Waals surface area contributed by atoms with Gasteiger partial charge in [0.1, 0.15) is 0 Å². The molecule has 1 saturated heterocycles. The smallest absolute Gasteiger partial charge is 0.337 e. The van der Waals surface area contributed by atoms with E-state index >= 15 is 0 Å². The monoisotopic (exact) mass is 540 g/mol. The highest BCUT2D eigenvalue weighted by atomic mass is 16.5. The maximum atomic E-state index is 12.6. The molecule has 11 heteroatoms. The number of carbonyl (C=O) groups excluding carboxylic acids is 3. The lowest BCUT2D eigenvalue weighted by molar-refractivity contribution is -0.129. The van der Waals surface area contributed by atoms with Gasteiger partial charge in [0.15, 0.2) is 0 Å². The summed E-state index contributed by atoms with van der Waals surface area (Å²) >= 11 is 0. The van der Waals surface area contributed by atoms with E-state index in [4.69, 9.17) is 9.15 Å². The molecule has 5 rings (SSSR count). The first-order chi connectivity index (χ1) is 19.4. The molecular weight excluding hydrogens is 512 g/mol. The van der Waals surface area contributed by atoms with E-state index in [-0.39, 0.29) is 23.8 Å². The number of nitrogens with one attached hydrogen (secondary N) is 2. The summed E-state index contributed by atoms with van der Waals surface area (Å²) in [7, 11) is 1.35. The van der Waals surface area contributed by atoms with Gasteiger partial charge < -0.3 is 29.6 Å². The molecule has 40 heavy (non-hydrogen) atoms. The van der Waals surface area contributed by atoms with Crippen LogP contribution in [0.4, 0.5) is 23.1 Å². The maximum absolute atomic E-state index is 12.6. The third-order valence-corrected chi connectivity index (χ3v) is 6.61. The van der Waals surface area contributed by atoms with Crippen LogP contribution in [0.1, 0.15) is 28.0 Å². The molecule has 4 aromatic rings. The van der Waals surface area contributed by atoms with Crippen molar-refractivity contribution in [3.8, 4) is 11.1 Å². The lowest BCUT2D eigenvalue weighted by Gasteiger charge is -2.35. The van der Waals surface area contributed by atoms with Gasteiger partial charge in [-0.25, -0.2) is 4.79 Å². The molecule has 1 aliphatic rings. The number of aromatic nitrogens is 2. The Bertz CT molecular complexity index is 1490. The highest BCUT2D eigenvalue weighted by Crippen LogP contribution is 2.24. The molecular formula is C29H28N6O5. The minimum Gasteiger partial charge on any atom is -0.465 e. The zero-order valence-corrected chi connectivity index (χ0v) is 22.1. The van der Waals surface area contributed by atoms with Crippen molar-refractivity contribution in [2.24, 2.45) is 0 Å². The fourth-order valence-corrected chi connectivity index (χ4v) is 4.37. The second kappa shape index (κ2) is 11.7. The third kappa shape index (κ3) is 6.09. The summed E-state index contributed by atoms with van der Waals surface area (Å²) in [6, 6.07) is 22.2. The third-order valence-electron chi connectivity index (χ3n) is 6.61. The number of anilines is 4. The van der Waals surface area contributed by atoms with Crippen molar-refractivity contribution in [1.82, 2.24) is 15.1 Å². The van der Waals surface area contributed by atoms with E-state index in [0.717, 1.165) is 29.9 Å². The Hall–Kier alpha value is -5.19. The van der Waals surface area contributed by atoms with Crippen molar-refractivity contribution >= 4 is 40.9 Å². The Balaban J connectivity index is 1.15. The van der Waals surface area contributed by atoms with Crippen LogP contribution in [0.3, 0.4) is 0 Å². The van der Waals surface area contributed by atoms with E-state index in [1.165, 1.54) is 7.11 Å². The van der Waals surface area contributed by atoms with Crippen LogP contribution < -0.4 is 15.5 Å². The van der Waals surface area contributed by atoms with Crippen molar-refractivity contribution in [2.45, 2.75) is 6.92 Å². The zero-order chi connectivity index (χ0) is 28.1. The van der Waals surface area contributed by atoms with Crippen LogP contribution in [0, 0.1) is 0 Å². The van der Waals surface area contributed by atoms with E-state index < -0.39 is 5.91 Å². The number of hydrogen-bond acceptors (Lipinski definition) is 9. The number of ether oxygens (including phenoxy) is 1. The second-order valence-corrected chi connectivity index (χ2v) is 9.18. The number of benzene rings is 3. The van der Waals surface area contributed by atoms with Gasteiger partial charge in [0.2, 0.25) is 5.91 Å². The van der Waals surface area contributed by atoms with Crippen LogP contribution in [0.15, 0.2) is 77.2 Å². The summed E-state index contributed by atoms with van der Waals surface area (Å²) in [5, 5.41) is 13.5. The van der Waals surface area contributed by atoms with Gasteiger partial charge in [-0.3, -0.25) is 9.59 Å². The zero-order valence-electron chi connectivity index (χ0n) is 22.1. The van der Waals surface area contributed by atoms with E-state index in [0.29, 0.717) is 30.0 Å². The van der Waals surface area contributed by atoms with Crippen molar-refractivity contribution in [3.63, 3.8) is 0 Å². The van der Waals surface area contributed by atoms with Crippen molar-refractivity contribution in [1.29, 1.82) is 0 Å². The largest absolute Gasteiger partial charge is 0.465 e. The highest BCUT2D eigenvalue weighted by molar-refractivity contribution is 6.01. The number of carbonyl (C=O) groups is 3. The normalized spacial score (nSPS) is 13.1. The molecule has 204 valence electrons. The molecule has 3 aromatic carbocycles. The van der Waals surface area contributed by atoms with Crippen LogP contribution in [0.2, 0.25) is 0 Å². The molecule has 0 aliphatic carbocycles. The minimum atomic E-state index is -0.519. The highest BCUT2D eigenvalue weighted by Gasteiger charge is 2.19. The molecule has 0 unspecified atom stereocenters. The average molecular weight is 541 g/mol. The SMILES string of the molecule is COC(=O)c1ccc(-c2ccc(Nc3nnc(C(=O)Nc4ccc(N5CCN(C(C)=O)CC5)cc4)o3)cc2)cc1. The Labute approximate surface area is 230 Å². The number of amides is 2. The predicted molar refractivity (Wildman–Crippen MR) is 150 cm³/mol. The molecule has 2 heterocycles. The van der Waals surface area contributed by atoms with Crippen LogP contribution in [0.5, 0.6) is 0 Å². The van der Waals surface area contributed by atoms with E-state index in [1.54, 1.807) is 19.1 Å². The Morgan fingerprint density at radius 3 is 2.00 bits per heavy atom. The van der Waals surface area contributed by atoms with Crippen LogP contribution >= 0.6 is 0 Å². The number of esters is 1. The van der Waals surface area contributed by atoms with Crippen molar-refractivity contribution < 1.29 is 23.5 Å². The first-order valence-electron chi connectivity index (χ1n) is 12.7. The summed E-state index contributed by atoms with van der Waals surface area (Å²) in [5.41, 5.74) is 4.70. The molecule has 0 bridgehead atoms. The summed E-state index contributed by atoms with van der Waals surface area (Å²) in [6.45, 7) is 4.49. The number of piperazine rings is 1. The molecule has 1 aliphatic heterocycles. The summed E-state index contributed by atoms with van der Waals surface area (Å²) in [5.74, 6) is -0.979. The van der Waals surface area contributed by atoms with Gasteiger partial charge in [-0.05, 0) is 59.7 Å². The van der Waals surface area contributed by atoms with E-state index in [2.05, 4.69) is 25.7 Å². The molecule has 1 fully saturated rings. The summed E-state index contributed by atoms with van der Waals surface area (Å²) < 4.78 is 10.2. The topological polar surface area (TPSA) is 130 Å². The lowest BCUT2D eigenvalue weighted by Crippen LogP contribution is -2.48. The predicted octanol–water partition coefficient (Wildman–Crippen LogP) is 4.19. The van der Waals surface area contributed by atoms with Gasteiger partial charge in [-0.1, -0.05) is 29.4 Å². The van der Waals surface area contributed by atoms with E-state index in [1.807, 2.05) is 65.6 Å². The fraction of sp³-hybridized carbons (Fsp3) is 0.207. The molecule has 0 radical (unpaired) electrons. The standard InChI is InChI=1S/C29H28N6O5/c1-19(36)34-15-17-35(18-16-34)25-13-11-23(12-14-25)30-26(37)27-32-33-29(40-27)31-24-9-7-21(8-10-24)20-3-5-22(6-4-20)28(38)39-2/h3-14H,15-18H2,1-2H3,(H,30,37)(H,31,33). The van der Waals surface area contributed by atoms with Gasteiger partial charge >= 0.3 is 23.8 Å². The Kier molecular flexibility index (Phi) is 7.72. The van der Waals surface area contributed by atoms with Gasteiger partial charge in [-0.2, -0.15) is 0 Å². The number of nitrogens with zero attached hydrogens (tertiary/aromatic N) is 4. The number of methoxy groups -OCH3 is 1. The number of hydrogen-bond donors (Lipinski definition) is 2. The molecule has 2 amide bonds. The van der Waals surface area contributed by atoms with Crippen molar-refractivity contribution in [2.75, 3.05) is 48.8 Å². The van der Waals surface area contributed by atoms with Gasteiger partial charge in [0.05, 0.1) is 12.7 Å². The van der Waals surface area contributed by atoms with Crippen LogP contribution in [0.25, 0.3) is 11.1 Å². The van der Waals surface area contributed by atoms with Gasteiger partial charge in [0.25, 0.3) is 0 Å². The fourth-order valence-electron chi connectivity index (χ4n) is 4.37. The molecule has 1 aromatic heterocycles. The Morgan fingerprint density at radius 1 is 0.800 bits per heavy atom. The average Bonchev–Trinajstić information content (AvgIpc) is 3.46. The van der Waals surface area contributed by atoms with Crippen LogP contribution in [-0.2, 0) is 9.53 Å². The molecule has 0 atom stereocenters. The van der Waals surface area contributed by atoms with Crippen molar-refractivity contribution in [3.05, 3.63) is 84.3 Å². The lowest BCUT2D eigenvalue weighted by atomic mass is 10.0. The molecule has 0 saturated carbocycles. The van der Waals surface area contributed by atoms with Crippen LogP contribution in [-0.4, -0.2) is 66.2 Å². The quantitative estimate of drug-likeness (QED) is 0.332. The second-order valence-electron chi connectivity index (χ2n) is 9.18. The molecule has 0 spiro atoms. The minimum absolute atomic E-state index is 0.0837. The first kappa shape index (κ1) is 26.4. The first-order valence-corrected chi connectivity index (χ1v) is 12.7. The summed E-state index contributed by atoms with van der Waals surface area (Å²) in [4.78, 5) is 39.8. The van der Waals surface area contributed by atoms with Gasteiger partial charge in [-0.15, -0.1) is 5.10 Å². The Morgan fingerprint density at radius 2 is 1.40 bits per heavy atom. The summed E-state index contributed by atoms with van der Waals surface area (Å²) in [6.07, 6.45) is 0. The molecule has 2 N–H and O–H groups in total. The maximum Gasteiger partial charge on any atom is 0.337 e. The number of rotatable bonds is 7. The molecule has 11 nitrogen and oxygen atoms in total. The van der Waals surface area contributed by atoms with E-state index in [9.17, 15) is 14.4 Å².